The molecule has 0 radical (unpaired) electrons. The van der Waals surface area contributed by atoms with E-state index >= 15 is 0 Å². The lowest BCUT2D eigenvalue weighted by Gasteiger charge is -2.04. The van der Waals surface area contributed by atoms with Gasteiger partial charge in [-0.15, -0.1) is 5.10 Å². The molecule has 2 aromatic rings. The molecule has 1 aromatic heterocycles. The van der Waals surface area contributed by atoms with Gasteiger partial charge in [0, 0.05) is 0 Å². The molecule has 2 N–H and O–H groups in total. The molecule has 0 amide bonds. The van der Waals surface area contributed by atoms with Crippen LogP contribution in [0.4, 0.5) is 4.39 Å². The fourth-order valence-electron chi connectivity index (χ4n) is 1.61. The highest BCUT2D eigenvalue weighted by Crippen LogP contribution is 2.20. The van der Waals surface area contributed by atoms with Crippen LogP contribution in [0.5, 0.6) is 0 Å². The highest BCUT2D eigenvalue weighted by Gasteiger charge is 2.10. The Hall–Kier alpha value is -1.46. The van der Waals surface area contributed by atoms with Crippen molar-refractivity contribution in [1.29, 1.82) is 0 Å². The maximum absolute atomic E-state index is 13.3. The lowest BCUT2D eigenvalue weighted by atomic mass is 10.2. The molecule has 0 aliphatic rings. The van der Waals surface area contributed by atoms with Crippen LogP contribution in [0.1, 0.15) is 30.6 Å². The van der Waals surface area contributed by atoms with Gasteiger partial charge >= 0.3 is 0 Å². The fourth-order valence-corrected chi connectivity index (χ4v) is 1.80. The van der Waals surface area contributed by atoms with Crippen molar-refractivity contribution in [3.8, 4) is 0 Å². The van der Waals surface area contributed by atoms with Gasteiger partial charge in [-0.2, -0.15) is 0 Å². The van der Waals surface area contributed by atoms with Crippen LogP contribution in [-0.2, 0) is 6.54 Å². The van der Waals surface area contributed by atoms with E-state index in [0.29, 0.717) is 12.1 Å². The minimum absolute atomic E-state index is 0.120. The summed E-state index contributed by atoms with van der Waals surface area (Å²) in [6.45, 7) is 2.35. The summed E-state index contributed by atoms with van der Waals surface area (Å²) >= 11 is 5.88. The third-order valence-electron chi connectivity index (χ3n) is 2.74. The Balaban J connectivity index is 2.19. The van der Waals surface area contributed by atoms with Crippen LogP contribution >= 0.6 is 11.6 Å². The van der Waals surface area contributed by atoms with Crippen molar-refractivity contribution in [2.75, 3.05) is 0 Å². The maximum atomic E-state index is 13.3. The largest absolute Gasteiger partial charge is 0.323 e. The van der Waals surface area contributed by atoms with Crippen molar-refractivity contribution in [2.45, 2.75) is 25.9 Å². The molecule has 96 valence electrons. The van der Waals surface area contributed by atoms with Crippen molar-refractivity contribution in [1.82, 2.24) is 15.0 Å². The van der Waals surface area contributed by atoms with E-state index in [4.69, 9.17) is 17.3 Å². The van der Waals surface area contributed by atoms with Gasteiger partial charge in [0.05, 0.1) is 29.5 Å². The Bertz CT molecular complexity index is 541. The van der Waals surface area contributed by atoms with Crippen molar-refractivity contribution in [3.05, 3.63) is 46.5 Å². The minimum atomic E-state index is -0.431. The van der Waals surface area contributed by atoms with Gasteiger partial charge in [-0.1, -0.05) is 35.9 Å². The van der Waals surface area contributed by atoms with Crippen LogP contribution in [-0.4, -0.2) is 15.0 Å². The quantitative estimate of drug-likeness (QED) is 0.927. The van der Waals surface area contributed by atoms with Crippen LogP contribution in [0.3, 0.4) is 0 Å². The summed E-state index contributed by atoms with van der Waals surface area (Å²) in [5.74, 6) is -0.431. The molecule has 0 fully saturated rings. The van der Waals surface area contributed by atoms with Crippen molar-refractivity contribution in [2.24, 2.45) is 5.73 Å². The first-order valence-corrected chi connectivity index (χ1v) is 6.08. The summed E-state index contributed by atoms with van der Waals surface area (Å²) in [5, 5.41) is 8.06. The summed E-state index contributed by atoms with van der Waals surface area (Å²) in [6, 6.07) is 4.58. The van der Waals surface area contributed by atoms with Gasteiger partial charge < -0.3 is 5.73 Å². The lowest BCUT2D eigenvalue weighted by molar-refractivity contribution is 0.614. The zero-order valence-electron chi connectivity index (χ0n) is 9.98. The average molecular weight is 269 g/mol. The van der Waals surface area contributed by atoms with Crippen molar-refractivity contribution < 1.29 is 4.39 Å². The molecular formula is C12H14ClFN4. The first-order chi connectivity index (χ1) is 8.61. The minimum Gasteiger partial charge on any atom is -0.323 e. The number of rotatable bonds is 4. The Morgan fingerprint density at radius 2 is 2.28 bits per heavy atom. The van der Waals surface area contributed by atoms with E-state index in [-0.39, 0.29) is 11.1 Å². The number of nitrogens with two attached hydrogens (primary N) is 1. The molecule has 1 atom stereocenters. The fraction of sp³-hybridized carbons (Fsp3) is 0.333. The second kappa shape index (κ2) is 5.46. The number of hydrogen-bond donors (Lipinski definition) is 1. The van der Waals surface area contributed by atoms with E-state index in [1.807, 2.05) is 6.92 Å². The van der Waals surface area contributed by atoms with Crippen LogP contribution in [0.2, 0.25) is 5.02 Å². The highest BCUT2D eigenvalue weighted by atomic mass is 35.5. The van der Waals surface area contributed by atoms with Crippen LogP contribution in [0.15, 0.2) is 24.4 Å². The Morgan fingerprint density at radius 1 is 1.50 bits per heavy atom. The van der Waals surface area contributed by atoms with Gasteiger partial charge in [0.25, 0.3) is 0 Å². The summed E-state index contributed by atoms with van der Waals surface area (Å²) in [7, 11) is 0. The molecular weight excluding hydrogens is 255 g/mol. The molecule has 0 aliphatic carbocycles. The summed E-state index contributed by atoms with van der Waals surface area (Å²) < 4.78 is 14.9. The maximum Gasteiger partial charge on any atom is 0.142 e. The molecule has 4 nitrogen and oxygen atoms in total. The number of hydrogen-bond acceptors (Lipinski definition) is 3. The topological polar surface area (TPSA) is 56.7 Å². The van der Waals surface area contributed by atoms with E-state index in [0.717, 1.165) is 12.1 Å². The van der Waals surface area contributed by atoms with Gasteiger partial charge in [0.1, 0.15) is 5.82 Å². The predicted molar refractivity (Wildman–Crippen MR) is 67.8 cm³/mol. The first-order valence-electron chi connectivity index (χ1n) is 5.70. The SMILES string of the molecule is CCC(N)c1cn(Cc2cccc(F)c2Cl)nn1. The molecule has 1 aromatic carbocycles. The van der Waals surface area contributed by atoms with Crippen LogP contribution in [0, 0.1) is 5.82 Å². The molecule has 1 unspecified atom stereocenters. The number of nitrogens with zero attached hydrogens (tertiary/aromatic N) is 3. The molecule has 6 heteroatoms. The normalized spacial score (nSPS) is 12.7. The predicted octanol–water partition coefficient (Wildman–Crippen LogP) is 2.53. The molecule has 0 spiro atoms. The van der Waals surface area contributed by atoms with E-state index in [2.05, 4.69) is 10.3 Å². The molecule has 2 rings (SSSR count). The van der Waals surface area contributed by atoms with Crippen LogP contribution < -0.4 is 5.73 Å². The molecule has 1 heterocycles. The van der Waals surface area contributed by atoms with E-state index in [9.17, 15) is 4.39 Å². The van der Waals surface area contributed by atoms with Gasteiger partial charge in [0.15, 0.2) is 0 Å². The third kappa shape index (κ3) is 2.68. The lowest BCUT2D eigenvalue weighted by Crippen LogP contribution is -2.08. The van der Waals surface area contributed by atoms with Crippen LogP contribution in [0.25, 0.3) is 0 Å². The Morgan fingerprint density at radius 3 is 3.00 bits per heavy atom. The second-order valence-electron chi connectivity index (χ2n) is 4.07. The number of aromatic nitrogens is 3. The standard InChI is InChI=1S/C12H14ClFN4/c1-2-10(15)11-7-18(17-16-11)6-8-4-3-5-9(14)12(8)13/h3-5,7,10H,2,6,15H2,1H3. The van der Waals surface area contributed by atoms with Gasteiger partial charge in [-0.3, -0.25) is 0 Å². The Labute approximate surface area is 110 Å². The monoisotopic (exact) mass is 268 g/mol. The summed E-state index contributed by atoms with van der Waals surface area (Å²) in [4.78, 5) is 0. The van der Waals surface area contributed by atoms with E-state index in [1.165, 1.54) is 6.07 Å². The van der Waals surface area contributed by atoms with E-state index in [1.54, 1.807) is 23.0 Å². The van der Waals surface area contributed by atoms with E-state index < -0.39 is 5.82 Å². The Kier molecular flexibility index (Phi) is 3.93. The highest BCUT2D eigenvalue weighted by molar-refractivity contribution is 6.31. The second-order valence-corrected chi connectivity index (χ2v) is 4.45. The third-order valence-corrected chi connectivity index (χ3v) is 3.16. The molecule has 0 saturated heterocycles. The number of halogens is 2. The molecule has 0 saturated carbocycles. The van der Waals surface area contributed by atoms with Gasteiger partial charge in [-0.25, -0.2) is 9.07 Å². The molecule has 18 heavy (non-hydrogen) atoms. The molecule has 0 bridgehead atoms. The first kappa shape index (κ1) is 13.0. The van der Waals surface area contributed by atoms with Gasteiger partial charge in [-0.05, 0) is 18.1 Å². The van der Waals surface area contributed by atoms with Crippen molar-refractivity contribution >= 4 is 11.6 Å². The summed E-state index contributed by atoms with van der Waals surface area (Å²) in [5.41, 5.74) is 7.24. The van der Waals surface area contributed by atoms with Gasteiger partial charge in [0.2, 0.25) is 0 Å². The number of benzene rings is 1. The average Bonchev–Trinajstić information content (AvgIpc) is 2.82. The summed E-state index contributed by atoms with van der Waals surface area (Å²) in [6.07, 6.45) is 2.55. The zero-order valence-corrected chi connectivity index (χ0v) is 10.7. The molecule has 0 aliphatic heterocycles. The smallest absolute Gasteiger partial charge is 0.142 e. The van der Waals surface area contributed by atoms with Crippen molar-refractivity contribution in [3.63, 3.8) is 0 Å². The zero-order chi connectivity index (χ0) is 13.1.